The number of carbonyl (C=O) groups excluding carboxylic acids is 2. The lowest BCUT2D eigenvalue weighted by Gasteiger charge is -2.40. The Bertz CT molecular complexity index is 1310. The summed E-state index contributed by atoms with van der Waals surface area (Å²) in [6.07, 6.45) is 3.46. The third-order valence-corrected chi connectivity index (χ3v) is 5.68. The van der Waals surface area contributed by atoms with E-state index in [2.05, 4.69) is 11.2 Å². The van der Waals surface area contributed by atoms with Gasteiger partial charge in [0.05, 0.1) is 29.2 Å². The van der Waals surface area contributed by atoms with Crippen LogP contribution in [0.2, 0.25) is 0 Å². The highest BCUT2D eigenvalue weighted by Crippen LogP contribution is 2.40. The number of hydrogen-bond acceptors (Lipinski definition) is 4. The van der Waals surface area contributed by atoms with E-state index in [0.717, 1.165) is 27.7 Å². The average Bonchev–Trinajstić information content (AvgIpc) is 3.40. The van der Waals surface area contributed by atoms with Crippen molar-refractivity contribution in [2.75, 3.05) is 16.3 Å². The van der Waals surface area contributed by atoms with E-state index in [0.29, 0.717) is 12.2 Å². The molecule has 3 heterocycles. The van der Waals surface area contributed by atoms with Crippen LogP contribution in [-0.2, 0) is 11.8 Å². The second-order valence-electron chi connectivity index (χ2n) is 7.91. The van der Waals surface area contributed by atoms with Gasteiger partial charge in [0.25, 0.3) is 5.91 Å². The van der Waals surface area contributed by atoms with Gasteiger partial charge in [-0.1, -0.05) is 12.1 Å². The lowest BCUT2D eigenvalue weighted by molar-refractivity contribution is -0.117. The van der Waals surface area contributed by atoms with Crippen molar-refractivity contribution in [1.82, 2.24) is 9.78 Å². The van der Waals surface area contributed by atoms with Gasteiger partial charge in [-0.15, -0.1) is 0 Å². The summed E-state index contributed by atoms with van der Waals surface area (Å²) in [4.78, 5) is 29.0. The number of nitrogens with zero attached hydrogens (tertiary/aromatic N) is 4. The van der Waals surface area contributed by atoms with Crippen LogP contribution in [0.4, 0.5) is 11.4 Å². The third-order valence-electron chi connectivity index (χ3n) is 5.68. The van der Waals surface area contributed by atoms with Crippen LogP contribution in [0.15, 0.2) is 65.4 Å². The number of fused-ring (bicyclic) bond motifs is 2. The van der Waals surface area contributed by atoms with Crippen LogP contribution in [0.3, 0.4) is 0 Å². The summed E-state index contributed by atoms with van der Waals surface area (Å²) in [6.45, 7) is 3.88. The van der Waals surface area contributed by atoms with Gasteiger partial charge in [0, 0.05) is 32.1 Å². The van der Waals surface area contributed by atoms with Crippen molar-refractivity contribution in [2.24, 2.45) is 7.05 Å². The summed E-state index contributed by atoms with van der Waals surface area (Å²) in [7, 11) is 1.90. The van der Waals surface area contributed by atoms with E-state index >= 15 is 0 Å². The SMILES string of the molecule is CC(=O)N1c2ccc(-c3ccc4nn(C)cc4c3)cc2N(C(=O)c2ccco2)C[C@@H]1C. The number of benzene rings is 2. The molecule has 0 unspecified atom stereocenters. The monoisotopic (exact) mass is 414 g/mol. The maximum Gasteiger partial charge on any atom is 0.294 e. The normalized spacial score (nSPS) is 15.9. The van der Waals surface area contributed by atoms with Crippen molar-refractivity contribution in [3.05, 3.63) is 66.8 Å². The fraction of sp³-hybridized carbons (Fsp3) is 0.208. The average molecular weight is 414 g/mol. The van der Waals surface area contributed by atoms with Gasteiger partial charge >= 0.3 is 0 Å². The van der Waals surface area contributed by atoms with E-state index in [1.807, 2.05) is 50.5 Å². The molecule has 2 amide bonds. The maximum atomic E-state index is 13.2. The first-order chi connectivity index (χ1) is 14.9. The molecule has 0 radical (unpaired) electrons. The van der Waals surface area contributed by atoms with Gasteiger partial charge in [0.15, 0.2) is 5.76 Å². The Hall–Kier alpha value is -3.87. The second kappa shape index (κ2) is 7.12. The lowest BCUT2D eigenvalue weighted by Crippen LogP contribution is -2.51. The highest BCUT2D eigenvalue weighted by atomic mass is 16.3. The number of aromatic nitrogens is 2. The molecule has 7 heteroatoms. The minimum Gasteiger partial charge on any atom is -0.459 e. The molecule has 7 nitrogen and oxygen atoms in total. The molecule has 1 atom stereocenters. The molecule has 0 saturated heterocycles. The largest absolute Gasteiger partial charge is 0.459 e. The number of furan rings is 1. The Morgan fingerprint density at radius 1 is 1.06 bits per heavy atom. The minimum atomic E-state index is -0.221. The van der Waals surface area contributed by atoms with E-state index in [4.69, 9.17) is 4.42 Å². The van der Waals surface area contributed by atoms with Gasteiger partial charge in [-0.3, -0.25) is 14.3 Å². The standard InChI is InChI=1S/C24H22N4O3/c1-15-13-27(24(30)23-5-4-10-31-23)22-12-18(7-9-21(22)28(15)16(2)29)17-6-8-20-19(11-17)14-26(3)25-20/h4-12,14-15H,13H2,1-3H3/t15-/m0/s1. The molecule has 2 aromatic heterocycles. The number of carbonyl (C=O) groups is 2. The summed E-state index contributed by atoms with van der Waals surface area (Å²) in [5.41, 5.74) is 4.31. The quantitative estimate of drug-likeness (QED) is 0.492. The number of rotatable bonds is 2. The highest BCUT2D eigenvalue weighted by Gasteiger charge is 2.35. The van der Waals surface area contributed by atoms with Gasteiger partial charge < -0.3 is 14.2 Å². The first kappa shape index (κ1) is 19.1. The van der Waals surface area contributed by atoms with Crippen LogP contribution in [-0.4, -0.2) is 34.2 Å². The van der Waals surface area contributed by atoms with Crippen molar-refractivity contribution in [3.63, 3.8) is 0 Å². The highest BCUT2D eigenvalue weighted by molar-refractivity contribution is 6.10. The Kier molecular flexibility index (Phi) is 4.39. The molecule has 4 aromatic rings. The number of aryl methyl sites for hydroxylation is 1. The minimum absolute atomic E-state index is 0.0524. The molecule has 0 bridgehead atoms. The van der Waals surface area contributed by atoms with Gasteiger partial charge in [-0.05, 0) is 54.4 Å². The molecule has 0 fully saturated rings. The summed E-state index contributed by atoms with van der Waals surface area (Å²) in [6, 6.07) is 15.2. The molecule has 0 N–H and O–H groups in total. The molecule has 31 heavy (non-hydrogen) atoms. The lowest BCUT2D eigenvalue weighted by atomic mass is 9.99. The van der Waals surface area contributed by atoms with Gasteiger partial charge in [-0.2, -0.15) is 5.10 Å². The van der Waals surface area contributed by atoms with Crippen LogP contribution in [0.5, 0.6) is 0 Å². The molecule has 1 aliphatic rings. The van der Waals surface area contributed by atoms with Crippen molar-refractivity contribution >= 4 is 34.1 Å². The van der Waals surface area contributed by atoms with Crippen molar-refractivity contribution in [2.45, 2.75) is 19.9 Å². The molecule has 0 saturated carbocycles. The summed E-state index contributed by atoms with van der Waals surface area (Å²) in [5.74, 6) is 0.00106. The Balaban J connectivity index is 1.64. The molecule has 2 aromatic carbocycles. The van der Waals surface area contributed by atoms with E-state index in [1.165, 1.54) is 6.26 Å². The van der Waals surface area contributed by atoms with Crippen LogP contribution in [0, 0.1) is 0 Å². The van der Waals surface area contributed by atoms with Crippen LogP contribution in [0.25, 0.3) is 22.0 Å². The predicted octanol–water partition coefficient (Wildman–Crippen LogP) is 4.24. The zero-order chi connectivity index (χ0) is 21.7. The van der Waals surface area contributed by atoms with Gasteiger partial charge in [0.2, 0.25) is 5.91 Å². The zero-order valence-electron chi connectivity index (χ0n) is 17.6. The molecule has 1 aliphatic heterocycles. The van der Waals surface area contributed by atoms with Crippen LogP contribution in [0.1, 0.15) is 24.4 Å². The molecular weight excluding hydrogens is 392 g/mol. The first-order valence-corrected chi connectivity index (χ1v) is 10.2. The smallest absolute Gasteiger partial charge is 0.294 e. The van der Waals surface area contributed by atoms with Crippen molar-refractivity contribution in [1.29, 1.82) is 0 Å². The Morgan fingerprint density at radius 3 is 2.58 bits per heavy atom. The summed E-state index contributed by atoms with van der Waals surface area (Å²) in [5, 5.41) is 5.47. The fourth-order valence-corrected chi connectivity index (χ4v) is 4.34. The summed E-state index contributed by atoms with van der Waals surface area (Å²) < 4.78 is 7.15. The number of anilines is 2. The van der Waals surface area contributed by atoms with E-state index in [1.54, 1.807) is 33.5 Å². The number of amides is 2. The number of hydrogen-bond donors (Lipinski definition) is 0. The molecule has 0 aliphatic carbocycles. The zero-order valence-corrected chi connectivity index (χ0v) is 17.6. The van der Waals surface area contributed by atoms with Crippen LogP contribution >= 0.6 is 0 Å². The molecule has 156 valence electrons. The first-order valence-electron chi connectivity index (χ1n) is 10.2. The second-order valence-corrected chi connectivity index (χ2v) is 7.91. The fourth-order valence-electron chi connectivity index (χ4n) is 4.34. The Labute approximate surface area is 179 Å². The van der Waals surface area contributed by atoms with Crippen molar-refractivity contribution < 1.29 is 14.0 Å². The van der Waals surface area contributed by atoms with Crippen LogP contribution < -0.4 is 9.80 Å². The molecule has 0 spiro atoms. The van der Waals surface area contributed by atoms with E-state index in [-0.39, 0.29) is 23.6 Å². The van der Waals surface area contributed by atoms with E-state index < -0.39 is 0 Å². The Morgan fingerprint density at radius 2 is 1.84 bits per heavy atom. The summed E-state index contributed by atoms with van der Waals surface area (Å²) >= 11 is 0. The van der Waals surface area contributed by atoms with Gasteiger partial charge in [0.1, 0.15) is 0 Å². The molecule has 5 rings (SSSR count). The third kappa shape index (κ3) is 3.18. The topological polar surface area (TPSA) is 71.6 Å². The molecular formula is C24H22N4O3. The maximum absolute atomic E-state index is 13.2. The van der Waals surface area contributed by atoms with Gasteiger partial charge in [-0.25, -0.2) is 0 Å². The van der Waals surface area contributed by atoms with E-state index in [9.17, 15) is 9.59 Å². The van der Waals surface area contributed by atoms with Crippen molar-refractivity contribution in [3.8, 4) is 11.1 Å². The predicted molar refractivity (Wildman–Crippen MR) is 119 cm³/mol.